The van der Waals surface area contributed by atoms with Crippen LogP contribution < -0.4 is 5.32 Å². The van der Waals surface area contributed by atoms with E-state index in [1.807, 2.05) is 44.2 Å². The van der Waals surface area contributed by atoms with Crippen molar-refractivity contribution in [3.05, 3.63) is 60.2 Å². The van der Waals surface area contributed by atoms with Crippen molar-refractivity contribution in [1.82, 2.24) is 4.90 Å². The van der Waals surface area contributed by atoms with Crippen LogP contribution in [0.25, 0.3) is 0 Å². The molecule has 2 aromatic carbocycles. The van der Waals surface area contributed by atoms with Crippen molar-refractivity contribution in [1.29, 1.82) is 0 Å². The van der Waals surface area contributed by atoms with Crippen LogP contribution in [0.15, 0.2) is 59.5 Å². The second kappa shape index (κ2) is 11.9. The van der Waals surface area contributed by atoms with E-state index < -0.39 is 11.9 Å². The molecule has 0 aliphatic heterocycles. The van der Waals surface area contributed by atoms with Crippen molar-refractivity contribution in [2.24, 2.45) is 0 Å². The van der Waals surface area contributed by atoms with Gasteiger partial charge in [-0.05, 0) is 50.2 Å². The highest BCUT2D eigenvalue weighted by Gasteiger charge is 2.13. The zero-order valence-electron chi connectivity index (χ0n) is 16.7. The van der Waals surface area contributed by atoms with Crippen LogP contribution in [-0.4, -0.2) is 48.1 Å². The van der Waals surface area contributed by atoms with Gasteiger partial charge in [-0.1, -0.05) is 18.2 Å². The summed E-state index contributed by atoms with van der Waals surface area (Å²) in [5.74, 6) is -0.289. The summed E-state index contributed by atoms with van der Waals surface area (Å²) in [6, 6.07) is 16.4. The van der Waals surface area contributed by atoms with Crippen LogP contribution in [0.2, 0.25) is 0 Å². The first kappa shape index (κ1) is 22.5. The third-order valence-corrected chi connectivity index (χ3v) is 5.16. The lowest BCUT2D eigenvalue weighted by atomic mass is 10.2. The Bertz CT molecular complexity index is 805. The summed E-state index contributed by atoms with van der Waals surface area (Å²) < 4.78 is 5.01. The fraction of sp³-hybridized carbons (Fsp3) is 0.318. The number of nitrogens with zero attached hydrogens (tertiary/aromatic N) is 1. The van der Waals surface area contributed by atoms with Gasteiger partial charge in [0, 0.05) is 35.0 Å². The number of anilines is 1. The first-order valence-corrected chi connectivity index (χ1v) is 10.5. The van der Waals surface area contributed by atoms with E-state index in [2.05, 4.69) is 5.32 Å². The third kappa shape index (κ3) is 7.62. The number of ether oxygens (including phenoxy) is 1. The zero-order chi connectivity index (χ0) is 21.1. The highest BCUT2D eigenvalue weighted by atomic mass is 32.2. The van der Waals surface area contributed by atoms with Gasteiger partial charge in [0.1, 0.15) is 0 Å². The molecule has 6 nitrogen and oxygen atoms in total. The van der Waals surface area contributed by atoms with Crippen LogP contribution >= 0.6 is 11.8 Å². The van der Waals surface area contributed by atoms with Crippen molar-refractivity contribution in [3.63, 3.8) is 0 Å². The van der Waals surface area contributed by atoms with E-state index in [1.54, 1.807) is 40.9 Å². The quantitative estimate of drug-likeness (QED) is 0.472. The van der Waals surface area contributed by atoms with Crippen LogP contribution in [0.5, 0.6) is 0 Å². The molecule has 0 unspecified atom stereocenters. The summed E-state index contributed by atoms with van der Waals surface area (Å²) >= 11 is 1.56. The monoisotopic (exact) mass is 414 g/mol. The summed E-state index contributed by atoms with van der Waals surface area (Å²) in [5.41, 5.74) is 1.11. The van der Waals surface area contributed by atoms with Gasteiger partial charge < -0.3 is 15.0 Å². The first-order chi connectivity index (χ1) is 14.0. The number of benzene rings is 2. The number of amides is 2. The van der Waals surface area contributed by atoms with Crippen molar-refractivity contribution < 1.29 is 19.1 Å². The van der Waals surface area contributed by atoms with Gasteiger partial charge in [0.25, 0.3) is 11.8 Å². The lowest BCUT2D eigenvalue weighted by Gasteiger charge is -2.18. The molecule has 0 aromatic heterocycles. The van der Waals surface area contributed by atoms with Crippen molar-refractivity contribution in [3.8, 4) is 0 Å². The standard InChI is InChI=1S/C22H26N2O4S/c1-3-24(4-2)22(27)17-10-12-18(13-11-17)23-20(25)16-28-21(26)14-15-29-19-8-6-5-7-9-19/h5-13H,3-4,14-16H2,1-2H3,(H,23,25). The average molecular weight is 415 g/mol. The molecule has 2 aromatic rings. The summed E-state index contributed by atoms with van der Waals surface area (Å²) in [7, 11) is 0. The molecule has 29 heavy (non-hydrogen) atoms. The molecule has 0 saturated carbocycles. The topological polar surface area (TPSA) is 75.7 Å². The smallest absolute Gasteiger partial charge is 0.307 e. The van der Waals surface area contributed by atoms with Crippen LogP contribution in [0.4, 0.5) is 5.69 Å². The summed E-state index contributed by atoms with van der Waals surface area (Å²) in [5, 5.41) is 2.66. The van der Waals surface area contributed by atoms with Crippen molar-refractivity contribution in [2.75, 3.05) is 30.8 Å². The largest absolute Gasteiger partial charge is 0.456 e. The van der Waals surface area contributed by atoms with Crippen molar-refractivity contribution >= 4 is 35.2 Å². The van der Waals surface area contributed by atoms with E-state index in [1.165, 1.54) is 0 Å². The molecule has 2 rings (SSSR count). The lowest BCUT2D eigenvalue weighted by Crippen LogP contribution is -2.30. The van der Waals surface area contributed by atoms with E-state index in [9.17, 15) is 14.4 Å². The number of carbonyl (C=O) groups excluding carboxylic acids is 3. The molecule has 0 saturated heterocycles. The van der Waals surface area contributed by atoms with Gasteiger partial charge in [-0.2, -0.15) is 0 Å². The number of esters is 1. The normalized spacial score (nSPS) is 10.3. The summed E-state index contributed by atoms with van der Waals surface area (Å²) in [6.07, 6.45) is 0.231. The van der Waals surface area contributed by atoms with Gasteiger partial charge in [-0.15, -0.1) is 11.8 Å². The highest BCUT2D eigenvalue weighted by Crippen LogP contribution is 2.18. The minimum atomic E-state index is -0.420. The Morgan fingerprint density at radius 3 is 2.24 bits per heavy atom. The Morgan fingerprint density at radius 1 is 0.966 bits per heavy atom. The fourth-order valence-corrected chi connectivity index (χ4v) is 3.43. The van der Waals surface area contributed by atoms with E-state index in [4.69, 9.17) is 4.74 Å². The molecular formula is C22H26N2O4S. The summed E-state index contributed by atoms with van der Waals surface area (Å²) in [4.78, 5) is 38.8. The van der Waals surface area contributed by atoms with Gasteiger partial charge in [-0.3, -0.25) is 14.4 Å². The van der Waals surface area contributed by atoms with E-state index >= 15 is 0 Å². The van der Waals surface area contributed by atoms with Crippen LogP contribution in [0.3, 0.4) is 0 Å². The Labute approximate surface area is 175 Å². The predicted molar refractivity (Wildman–Crippen MR) is 115 cm³/mol. The Morgan fingerprint density at radius 2 is 1.62 bits per heavy atom. The lowest BCUT2D eigenvalue weighted by molar-refractivity contribution is -0.146. The molecule has 2 amide bonds. The van der Waals surface area contributed by atoms with E-state index in [-0.39, 0.29) is 18.9 Å². The second-order valence-electron chi connectivity index (χ2n) is 6.18. The maximum Gasteiger partial charge on any atom is 0.307 e. The first-order valence-electron chi connectivity index (χ1n) is 9.56. The number of thioether (sulfide) groups is 1. The molecule has 0 atom stereocenters. The zero-order valence-corrected chi connectivity index (χ0v) is 17.5. The highest BCUT2D eigenvalue weighted by molar-refractivity contribution is 7.99. The predicted octanol–water partition coefficient (Wildman–Crippen LogP) is 3.83. The molecule has 154 valence electrons. The maximum absolute atomic E-state index is 12.3. The molecule has 0 aliphatic rings. The van der Waals surface area contributed by atoms with Crippen LogP contribution in [0.1, 0.15) is 30.6 Å². The van der Waals surface area contributed by atoms with Gasteiger partial charge in [0.2, 0.25) is 0 Å². The van der Waals surface area contributed by atoms with E-state index in [0.29, 0.717) is 30.1 Å². The Balaban J connectivity index is 1.71. The third-order valence-electron chi connectivity index (χ3n) is 4.15. The minimum absolute atomic E-state index is 0.0461. The molecular weight excluding hydrogens is 388 g/mol. The number of hydrogen-bond acceptors (Lipinski definition) is 5. The minimum Gasteiger partial charge on any atom is -0.456 e. The molecule has 0 spiro atoms. The van der Waals surface area contributed by atoms with E-state index in [0.717, 1.165) is 4.90 Å². The van der Waals surface area contributed by atoms with Gasteiger partial charge in [0.05, 0.1) is 6.42 Å². The molecule has 0 bridgehead atoms. The molecule has 0 heterocycles. The van der Waals surface area contributed by atoms with Crippen LogP contribution in [-0.2, 0) is 14.3 Å². The number of hydrogen-bond donors (Lipinski definition) is 1. The van der Waals surface area contributed by atoms with Gasteiger partial charge in [0.15, 0.2) is 6.61 Å². The van der Waals surface area contributed by atoms with Gasteiger partial charge in [-0.25, -0.2) is 0 Å². The average Bonchev–Trinajstić information content (AvgIpc) is 2.74. The van der Waals surface area contributed by atoms with Crippen LogP contribution in [0, 0.1) is 0 Å². The Kier molecular flexibility index (Phi) is 9.24. The SMILES string of the molecule is CCN(CC)C(=O)c1ccc(NC(=O)COC(=O)CCSc2ccccc2)cc1. The fourth-order valence-electron chi connectivity index (χ4n) is 2.57. The molecule has 0 aliphatic carbocycles. The number of nitrogens with one attached hydrogen (secondary N) is 1. The molecule has 0 fully saturated rings. The molecule has 0 radical (unpaired) electrons. The van der Waals surface area contributed by atoms with Gasteiger partial charge >= 0.3 is 5.97 Å². The second-order valence-corrected chi connectivity index (χ2v) is 7.34. The maximum atomic E-state index is 12.3. The molecule has 1 N–H and O–H groups in total. The number of rotatable bonds is 10. The molecule has 7 heteroatoms. The van der Waals surface area contributed by atoms with Crippen molar-refractivity contribution in [2.45, 2.75) is 25.2 Å². The number of carbonyl (C=O) groups is 3. The summed E-state index contributed by atoms with van der Waals surface area (Å²) in [6.45, 7) is 4.80. The Hall–Kier alpha value is -2.80.